The maximum absolute atomic E-state index is 10.5. The van der Waals surface area contributed by atoms with Crippen molar-refractivity contribution in [3.05, 3.63) is 70.3 Å². The lowest BCUT2D eigenvalue weighted by Gasteiger charge is -2.16. The van der Waals surface area contributed by atoms with Crippen LogP contribution < -0.4 is 0 Å². The minimum Gasteiger partial charge on any atom is -0.388 e. The van der Waals surface area contributed by atoms with Crippen molar-refractivity contribution in [3.63, 3.8) is 0 Å². The molecule has 19 heavy (non-hydrogen) atoms. The number of hydrogen-bond acceptors (Lipinski definition) is 1. The average Bonchev–Trinajstić information content (AvgIpc) is 2.39. The van der Waals surface area contributed by atoms with Gasteiger partial charge in [-0.3, -0.25) is 0 Å². The third-order valence-electron chi connectivity index (χ3n) is 3.74. The molecule has 0 saturated heterocycles. The van der Waals surface area contributed by atoms with Crippen LogP contribution in [0, 0.1) is 13.8 Å². The lowest BCUT2D eigenvalue weighted by Crippen LogP contribution is -2.06. The Kier molecular flexibility index (Phi) is 4.39. The number of benzene rings is 2. The highest BCUT2D eigenvalue weighted by Gasteiger charge is 2.13. The fourth-order valence-corrected chi connectivity index (χ4v) is 2.59. The van der Waals surface area contributed by atoms with Crippen LogP contribution in [0.2, 0.25) is 0 Å². The van der Waals surface area contributed by atoms with Crippen molar-refractivity contribution in [2.24, 2.45) is 0 Å². The predicted molar refractivity (Wildman–Crippen MR) is 80.4 cm³/mol. The van der Waals surface area contributed by atoms with Gasteiger partial charge >= 0.3 is 0 Å². The summed E-state index contributed by atoms with van der Waals surface area (Å²) in [6, 6.07) is 14.7. The Labute approximate surface area is 115 Å². The Morgan fingerprint density at radius 1 is 0.895 bits per heavy atom. The van der Waals surface area contributed by atoms with Gasteiger partial charge in [-0.05, 0) is 48.1 Å². The molecule has 2 aromatic rings. The molecule has 0 aliphatic heterocycles. The minimum absolute atomic E-state index is 0.423. The van der Waals surface area contributed by atoms with Crippen molar-refractivity contribution in [1.29, 1.82) is 0 Å². The fraction of sp³-hybridized carbons (Fsp3) is 0.333. The highest BCUT2D eigenvalue weighted by Crippen LogP contribution is 2.25. The molecule has 1 N–H and O–H groups in total. The van der Waals surface area contributed by atoms with Crippen LogP contribution in [-0.2, 0) is 12.8 Å². The smallest absolute Gasteiger partial charge is 0.0835 e. The van der Waals surface area contributed by atoms with E-state index in [-0.39, 0.29) is 0 Å². The molecule has 1 heteroatoms. The summed E-state index contributed by atoms with van der Waals surface area (Å²) < 4.78 is 0. The van der Waals surface area contributed by atoms with Crippen LogP contribution in [0.3, 0.4) is 0 Å². The summed E-state index contributed by atoms with van der Waals surface area (Å²) in [5, 5.41) is 10.5. The van der Waals surface area contributed by atoms with Gasteiger partial charge in [0.15, 0.2) is 0 Å². The standard InChI is InChI=1S/C18H22O/c1-4-15-8-10-16(11-9-15)12-17(19)18-13(2)6-5-7-14(18)3/h5-11,17,19H,4,12H2,1-3H3. The summed E-state index contributed by atoms with van der Waals surface area (Å²) in [6.07, 6.45) is 1.31. The topological polar surface area (TPSA) is 20.2 Å². The Morgan fingerprint density at radius 3 is 1.95 bits per heavy atom. The summed E-state index contributed by atoms with van der Waals surface area (Å²) in [7, 11) is 0. The first-order valence-electron chi connectivity index (χ1n) is 6.93. The highest BCUT2D eigenvalue weighted by molar-refractivity contribution is 5.36. The zero-order valence-electron chi connectivity index (χ0n) is 12.0. The average molecular weight is 254 g/mol. The summed E-state index contributed by atoms with van der Waals surface area (Å²) >= 11 is 0. The van der Waals surface area contributed by atoms with Crippen LogP contribution in [0.25, 0.3) is 0 Å². The first-order chi connectivity index (χ1) is 9.11. The fourth-order valence-electron chi connectivity index (χ4n) is 2.59. The first kappa shape index (κ1) is 13.8. The predicted octanol–water partition coefficient (Wildman–Crippen LogP) is 4.14. The molecule has 0 saturated carbocycles. The number of aryl methyl sites for hydroxylation is 3. The van der Waals surface area contributed by atoms with E-state index in [9.17, 15) is 5.11 Å². The molecule has 0 radical (unpaired) electrons. The highest BCUT2D eigenvalue weighted by atomic mass is 16.3. The van der Waals surface area contributed by atoms with Crippen molar-refractivity contribution < 1.29 is 5.11 Å². The molecule has 0 bridgehead atoms. The maximum Gasteiger partial charge on any atom is 0.0835 e. The van der Waals surface area contributed by atoms with Crippen LogP contribution in [0.15, 0.2) is 42.5 Å². The molecule has 2 aromatic carbocycles. The third kappa shape index (κ3) is 3.24. The Bertz CT molecular complexity index is 520. The minimum atomic E-state index is -0.423. The monoisotopic (exact) mass is 254 g/mol. The molecule has 0 fully saturated rings. The van der Waals surface area contributed by atoms with E-state index in [2.05, 4.69) is 57.2 Å². The summed E-state index contributed by atoms with van der Waals surface area (Å²) in [4.78, 5) is 0. The first-order valence-corrected chi connectivity index (χ1v) is 6.93. The number of aliphatic hydroxyl groups excluding tert-OH is 1. The van der Waals surface area contributed by atoms with Crippen molar-refractivity contribution >= 4 is 0 Å². The molecule has 0 aromatic heterocycles. The van der Waals surface area contributed by atoms with Gasteiger partial charge in [0.05, 0.1) is 6.10 Å². The molecule has 100 valence electrons. The van der Waals surface area contributed by atoms with Gasteiger partial charge in [-0.25, -0.2) is 0 Å². The Balaban J connectivity index is 2.18. The second-order valence-corrected chi connectivity index (χ2v) is 5.20. The van der Waals surface area contributed by atoms with Crippen LogP contribution in [0.4, 0.5) is 0 Å². The van der Waals surface area contributed by atoms with Gasteiger partial charge in [-0.1, -0.05) is 49.4 Å². The van der Waals surface area contributed by atoms with Crippen LogP contribution >= 0.6 is 0 Å². The third-order valence-corrected chi connectivity index (χ3v) is 3.74. The molecule has 1 unspecified atom stereocenters. The van der Waals surface area contributed by atoms with Gasteiger partial charge in [-0.15, -0.1) is 0 Å². The molecular formula is C18H22O. The van der Waals surface area contributed by atoms with Crippen LogP contribution in [0.1, 0.15) is 40.8 Å². The second kappa shape index (κ2) is 6.03. The van der Waals surface area contributed by atoms with Crippen LogP contribution in [0.5, 0.6) is 0 Å². The van der Waals surface area contributed by atoms with E-state index in [0.717, 1.165) is 23.1 Å². The maximum atomic E-state index is 10.5. The normalized spacial score (nSPS) is 12.4. The SMILES string of the molecule is CCc1ccc(CC(O)c2c(C)cccc2C)cc1. The quantitative estimate of drug-likeness (QED) is 0.869. The van der Waals surface area contributed by atoms with Gasteiger partial charge in [0.2, 0.25) is 0 Å². The molecule has 2 rings (SSSR count). The second-order valence-electron chi connectivity index (χ2n) is 5.20. The van der Waals surface area contributed by atoms with Gasteiger partial charge < -0.3 is 5.11 Å². The molecule has 0 heterocycles. The van der Waals surface area contributed by atoms with Gasteiger partial charge in [0.1, 0.15) is 0 Å². The van der Waals surface area contributed by atoms with Gasteiger partial charge in [0.25, 0.3) is 0 Å². The molecule has 0 amide bonds. The van der Waals surface area contributed by atoms with E-state index < -0.39 is 6.10 Å². The number of hydrogen-bond donors (Lipinski definition) is 1. The van der Waals surface area contributed by atoms with E-state index in [0.29, 0.717) is 6.42 Å². The van der Waals surface area contributed by atoms with Crippen molar-refractivity contribution in [2.45, 2.75) is 39.7 Å². The van der Waals surface area contributed by atoms with Crippen molar-refractivity contribution in [2.75, 3.05) is 0 Å². The van der Waals surface area contributed by atoms with Crippen molar-refractivity contribution in [3.8, 4) is 0 Å². The zero-order valence-corrected chi connectivity index (χ0v) is 12.0. The van der Waals surface area contributed by atoms with E-state index >= 15 is 0 Å². The van der Waals surface area contributed by atoms with E-state index in [1.165, 1.54) is 11.1 Å². The summed E-state index contributed by atoms with van der Waals surface area (Å²) in [5.74, 6) is 0. The molecule has 0 spiro atoms. The molecular weight excluding hydrogens is 232 g/mol. The lowest BCUT2D eigenvalue weighted by atomic mass is 9.93. The van der Waals surface area contributed by atoms with Crippen molar-refractivity contribution in [1.82, 2.24) is 0 Å². The lowest BCUT2D eigenvalue weighted by molar-refractivity contribution is 0.177. The summed E-state index contributed by atoms with van der Waals surface area (Å²) in [5.41, 5.74) is 5.93. The Morgan fingerprint density at radius 2 is 1.42 bits per heavy atom. The largest absolute Gasteiger partial charge is 0.388 e. The Hall–Kier alpha value is -1.60. The van der Waals surface area contributed by atoms with Crippen LogP contribution in [-0.4, -0.2) is 5.11 Å². The molecule has 0 aliphatic rings. The molecule has 1 atom stereocenters. The number of rotatable bonds is 4. The zero-order chi connectivity index (χ0) is 13.8. The van der Waals surface area contributed by atoms with E-state index in [1.54, 1.807) is 0 Å². The summed E-state index contributed by atoms with van der Waals surface area (Å²) in [6.45, 7) is 6.28. The van der Waals surface area contributed by atoms with E-state index in [4.69, 9.17) is 0 Å². The van der Waals surface area contributed by atoms with E-state index in [1.807, 2.05) is 6.07 Å². The van der Waals surface area contributed by atoms with Gasteiger partial charge in [-0.2, -0.15) is 0 Å². The van der Waals surface area contributed by atoms with Gasteiger partial charge in [0, 0.05) is 6.42 Å². The number of aliphatic hydroxyl groups is 1. The molecule has 1 nitrogen and oxygen atoms in total. The molecule has 0 aliphatic carbocycles.